The Morgan fingerprint density at radius 1 is 0.824 bits per heavy atom. The lowest BCUT2D eigenvalue weighted by Crippen LogP contribution is -2.13. The van der Waals surface area contributed by atoms with E-state index >= 15 is 0 Å². The minimum Gasteiger partial charge on any atom is -0.497 e. The first-order valence-corrected chi connectivity index (χ1v) is 11.3. The van der Waals surface area contributed by atoms with Crippen molar-refractivity contribution < 1.29 is 9.53 Å². The highest BCUT2D eigenvalue weighted by molar-refractivity contribution is 5.91. The number of nitrogens with one attached hydrogen (secondary N) is 1. The van der Waals surface area contributed by atoms with Crippen molar-refractivity contribution in [1.82, 2.24) is 9.38 Å². The fraction of sp³-hybridized carbons (Fsp3) is 0.103. The first-order valence-electron chi connectivity index (χ1n) is 11.3. The Morgan fingerprint density at radius 2 is 1.50 bits per heavy atom. The van der Waals surface area contributed by atoms with Crippen molar-refractivity contribution in [3.8, 4) is 28.1 Å². The standard InChI is InChI=1S/C29H25N3O2/c1-34-25-15-12-22(13-16-25)29-26(17-19-28(33)30-24-10-6-3-7-11-24)32-20-23(14-18-27(32)31-29)21-8-4-2-5-9-21/h2-16,18,20H,17,19H2,1H3,(H,30,33). The molecule has 0 unspecified atom stereocenters. The number of hydrogen-bond donors (Lipinski definition) is 1. The number of anilines is 1. The Kier molecular flexibility index (Phi) is 6.08. The molecule has 3 aromatic carbocycles. The summed E-state index contributed by atoms with van der Waals surface area (Å²) in [5, 5.41) is 2.98. The Labute approximate surface area is 198 Å². The number of ether oxygens (including phenoxy) is 1. The molecule has 1 amide bonds. The van der Waals surface area contributed by atoms with E-state index < -0.39 is 0 Å². The number of carbonyl (C=O) groups excluding carboxylic acids is 1. The van der Waals surface area contributed by atoms with Crippen LogP contribution in [0.3, 0.4) is 0 Å². The summed E-state index contributed by atoms with van der Waals surface area (Å²) in [5.74, 6) is 0.767. The lowest BCUT2D eigenvalue weighted by molar-refractivity contribution is -0.116. The molecular formula is C29H25N3O2. The number of hydrogen-bond acceptors (Lipinski definition) is 3. The van der Waals surface area contributed by atoms with Crippen molar-refractivity contribution in [2.24, 2.45) is 0 Å². The van der Waals surface area contributed by atoms with E-state index in [-0.39, 0.29) is 5.91 Å². The molecule has 1 N–H and O–H groups in total. The van der Waals surface area contributed by atoms with E-state index in [1.54, 1.807) is 7.11 Å². The van der Waals surface area contributed by atoms with Gasteiger partial charge in [0.15, 0.2) is 0 Å². The molecule has 2 aromatic heterocycles. The van der Waals surface area contributed by atoms with Crippen molar-refractivity contribution in [3.05, 3.63) is 109 Å². The Morgan fingerprint density at radius 3 is 2.21 bits per heavy atom. The zero-order chi connectivity index (χ0) is 23.3. The highest BCUT2D eigenvalue weighted by Gasteiger charge is 2.16. The third kappa shape index (κ3) is 4.55. The fourth-order valence-electron chi connectivity index (χ4n) is 4.09. The summed E-state index contributed by atoms with van der Waals surface area (Å²) in [5.41, 5.74) is 6.75. The zero-order valence-electron chi connectivity index (χ0n) is 18.9. The number of para-hydroxylation sites is 1. The number of fused-ring (bicyclic) bond motifs is 1. The molecule has 5 aromatic rings. The van der Waals surface area contributed by atoms with Crippen molar-refractivity contribution in [2.75, 3.05) is 12.4 Å². The van der Waals surface area contributed by atoms with E-state index in [1.807, 2.05) is 78.9 Å². The molecule has 0 bridgehead atoms. The molecule has 2 heterocycles. The van der Waals surface area contributed by atoms with Crippen molar-refractivity contribution >= 4 is 17.2 Å². The molecule has 0 atom stereocenters. The van der Waals surface area contributed by atoms with Gasteiger partial charge in [-0.05, 0) is 66.1 Å². The lowest BCUT2D eigenvalue weighted by Gasteiger charge is -2.09. The van der Waals surface area contributed by atoms with Crippen LogP contribution >= 0.6 is 0 Å². The second-order valence-corrected chi connectivity index (χ2v) is 8.06. The maximum Gasteiger partial charge on any atom is 0.224 e. The van der Waals surface area contributed by atoms with Gasteiger partial charge in [0, 0.05) is 23.9 Å². The molecule has 5 nitrogen and oxygen atoms in total. The summed E-state index contributed by atoms with van der Waals surface area (Å²) in [7, 11) is 1.65. The largest absolute Gasteiger partial charge is 0.497 e. The second kappa shape index (κ2) is 9.63. The van der Waals surface area contributed by atoms with Crippen LogP contribution in [0, 0.1) is 0 Å². The number of aryl methyl sites for hydroxylation is 1. The minimum absolute atomic E-state index is 0.0268. The van der Waals surface area contributed by atoms with Crippen molar-refractivity contribution in [1.29, 1.82) is 0 Å². The molecule has 0 fully saturated rings. The quantitative estimate of drug-likeness (QED) is 0.321. The average molecular weight is 448 g/mol. The molecule has 5 heteroatoms. The molecule has 168 valence electrons. The van der Waals surface area contributed by atoms with Crippen LogP contribution in [0.4, 0.5) is 5.69 Å². The highest BCUT2D eigenvalue weighted by atomic mass is 16.5. The van der Waals surface area contributed by atoms with Crippen LogP contribution < -0.4 is 10.1 Å². The number of amides is 1. The normalized spacial score (nSPS) is 10.9. The number of nitrogens with zero attached hydrogens (tertiary/aromatic N) is 2. The molecule has 0 saturated heterocycles. The van der Waals surface area contributed by atoms with Gasteiger partial charge in [0.1, 0.15) is 11.4 Å². The number of aromatic nitrogens is 2. The lowest BCUT2D eigenvalue weighted by atomic mass is 10.1. The number of rotatable bonds is 7. The van der Waals surface area contributed by atoms with Gasteiger partial charge in [-0.15, -0.1) is 0 Å². The summed E-state index contributed by atoms with van der Waals surface area (Å²) >= 11 is 0. The van der Waals surface area contributed by atoms with Crippen LogP contribution in [-0.4, -0.2) is 22.4 Å². The van der Waals surface area contributed by atoms with Crippen LogP contribution in [0.25, 0.3) is 28.0 Å². The van der Waals surface area contributed by atoms with E-state index in [0.717, 1.165) is 45.2 Å². The third-order valence-corrected chi connectivity index (χ3v) is 5.83. The van der Waals surface area contributed by atoms with Gasteiger partial charge in [0.2, 0.25) is 5.91 Å². The molecule has 0 radical (unpaired) electrons. The molecule has 0 saturated carbocycles. The molecule has 0 spiro atoms. The summed E-state index contributed by atoms with van der Waals surface area (Å²) in [6.07, 6.45) is 3.01. The van der Waals surface area contributed by atoms with Gasteiger partial charge in [-0.1, -0.05) is 48.5 Å². The van der Waals surface area contributed by atoms with Crippen LogP contribution in [0.2, 0.25) is 0 Å². The third-order valence-electron chi connectivity index (χ3n) is 5.83. The number of pyridine rings is 1. The average Bonchev–Trinajstić information content (AvgIpc) is 3.26. The van der Waals surface area contributed by atoms with E-state index in [4.69, 9.17) is 9.72 Å². The molecule has 0 aliphatic heterocycles. The van der Waals surface area contributed by atoms with Gasteiger partial charge in [-0.2, -0.15) is 0 Å². The predicted molar refractivity (Wildman–Crippen MR) is 136 cm³/mol. The van der Waals surface area contributed by atoms with Crippen molar-refractivity contribution in [3.63, 3.8) is 0 Å². The fourth-order valence-corrected chi connectivity index (χ4v) is 4.09. The van der Waals surface area contributed by atoms with Gasteiger partial charge in [0.05, 0.1) is 18.5 Å². The van der Waals surface area contributed by atoms with Crippen LogP contribution in [0.5, 0.6) is 5.75 Å². The number of imidazole rings is 1. The maximum absolute atomic E-state index is 12.7. The minimum atomic E-state index is -0.0268. The highest BCUT2D eigenvalue weighted by Crippen LogP contribution is 2.29. The van der Waals surface area contributed by atoms with Gasteiger partial charge in [-0.25, -0.2) is 4.98 Å². The van der Waals surface area contributed by atoms with Gasteiger partial charge in [-0.3, -0.25) is 4.79 Å². The van der Waals surface area contributed by atoms with Crippen LogP contribution in [-0.2, 0) is 11.2 Å². The van der Waals surface area contributed by atoms with E-state index in [1.165, 1.54) is 0 Å². The smallest absolute Gasteiger partial charge is 0.224 e. The van der Waals surface area contributed by atoms with E-state index in [2.05, 4.69) is 34.1 Å². The number of methoxy groups -OCH3 is 1. The summed E-state index contributed by atoms with van der Waals surface area (Å²) in [4.78, 5) is 17.6. The van der Waals surface area contributed by atoms with Gasteiger partial charge < -0.3 is 14.5 Å². The Bertz CT molecular complexity index is 1410. The van der Waals surface area contributed by atoms with Crippen LogP contribution in [0.15, 0.2) is 103 Å². The van der Waals surface area contributed by atoms with Crippen LogP contribution in [0.1, 0.15) is 12.1 Å². The van der Waals surface area contributed by atoms with E-state index in [0.29, 0.717) is 12.8 Å². The first kappa shape index (κ1) is 21.5. The summed E-state index contributed by atoms with van der Waals surface area (Å²) in [6, 6.07) is 31.8. The SMILES string of the molecule is COc1ccc(-c2nc3ccc(-c4ccccc4)cn3c2CCC(=O)Nc2ccccc2)cc1. The Hall–Kier alpha value is -4.38. The summed E-state index contributed by atoms with van der Waals surface area (Å²) < 4.78 is 7.42. The molecule has 0 aliphatic rings. The summed E-state index contributed by atoms with van der Waals surface area (Å²) in [6.45, 7) is 0. The molecular weight excluding hydrogens is 422 g/mol. The predicted octanol–water partition coefficient (Wildman–Crippen LogP) is 6.25. The zero-order valence-corrected chi connectivity index (χ0v) is 18.9. The second-order valence-electron chi connectivity index (χ2n) is 8.06. The molecule has 34 heavy (non-hydrogen) atoms. The molecule has 5 rings (SSSR count). The maximum atomic E-state index is 12.7. The number of benzene rings is 3. The van der Waals surface area contributed by atoms with Crippen molar-refractivity contribution in [2.45, 2.75) is 12.8 Å². The van der Waals surface area contributed by atoms with Gasteiger partial charge in [0.25, 0.3) is 0 Å². The monoisotopic (exact) mass is 447 g/mol. The molecule has 0 aliphatic carbocycles. The van der Waals surface area contributed by atoms with Gasteiger partial charge >= 0.3 is 0 Å². The van der Waals surface area contributed by atoms with E-state index in [9.17, 15) is 4.79 Å². The first-order chi connectivity index (χ1) is 16.7. The number of carbonyl (C=O) groups is 1. The topological polar surface area (TPSA) is 55.6 Å². The Balaban J connectivity index is 1.51.